The molecule has 0 amide bonds. The van der Waals surface area contributed by atoms with Gasteiger partial charge in [0.2, 0.25) is 0 Å². The highest BCUT2D eigenvalue weighted by Crippen LogP contribution is 2.28. The summed E-state index contributed by atoms with van der Waals surface area (Å²) in [6.07, 6.45) is 2.89. The van der Waals surface area contributed by atoms with Crippen LogP contribution in [0.3, 0.4) is 0 Å². The van der Waals surface area contributed by atoms with E-state index in [1.807, 2.05) is 6.20 Å². The second-order valence-corrected chi connectivity index (χ2v) is 4.46. The Hall–Kier alpha value is -0.670. The Morgan fingerprint density at radius 1 is 1.54 bits per heavy atom. The number of pyridine rings is 1. The molecule has 0 N–H and O–H groups in total. The highest BCUT2D eigenvalue weighted by Gasteiger charge is 2.07. The van der Waals surface area contributed by atoms with E-state index in [9.17, 15) is 0 Å². The molecule has 0 saturated heterocycles. The molecular formula is C9H9ClN2S. The first kappa shape index (κ1) is 8.91. The summed E-state index contributed by atoms with van der Waals surface area (Å²) < 4.78 is 1.68. The van der Waals surface area contributed by atoms with Gasteiger partial charge >= 0.3 is 0 Å². The first-order valence-electron chi connectivity index (χ1n) is 4.13. The van der Waals surface area contributed by atoms with Crippen molar-refractivity contribution in [1.29, 1.82) is 0 Å². The van der Waals surface area contributed by atoms with E-state index in [0.717, 1.165) is 16.8 Å². The molecule has 13 heavy (non-hydrogen) atoms. The van der Waals surface area contributed by atoms with Gasteiger partial charge in [-0.05, 0) is 24.5 Å². The van der Waals surface area contributed by atoms with Gasteiger partial charge in [0.25, 0.3) is 0 Å². The number of fused-ring (bicyclic) bond motifs is 1. The Bertz CT molecular complexity index is 450. The normalized spacial score (nSPS) is 11.0. The van der Waals surface area contributed by atoms with Crippen molar-refractivity contribution in [1.82, 2.24) is 9.97 Å². The summed E-state index contributed by atoms with van der Waals surface area (Å²) in [6, 6.07) is 0. The SMILES string of the molecule is CCc1cnc2nc(Cl)sc2c1C. The lowest BCUT2D eigenvalue weighted by Crippen LogP contribution is -1.88. The molecule has 68 valence electrons. The maximum absolute atomic E-state index is 5.82. The van der Waals surface area contributed by atoms with Crippen molar-refractivity contribution >= 4 is 33.3 Å². The van der Waals surface area contributed by atoms with E-state index in [4.69, 9.17) is 11.6 Å². The van der Waals surface area contributed by atoms with E-state index in [1.54, 1.807) is 0 Å². The standard InChI is InChI=1S/C9H9ClN2S/c1-3-6-4-11-8-7(5(6)2)13-9(10)12-8/h4H,3H2,1-2H3. The van der Waals surface area contributed by atoms with Gasteiger partial charge < -0.3 is 0 Å². The molecule has 0 unspecified atom stereocenters. The molecule has 0 fully saturated rings. The van der Waals surface area contributed by atoms with E-state index in [1.165, 1.54) is 22.5 Å². The first-order chi connectivity index (χ1) is 6.22. The molecule has 0 atom stereocenters. The van der Waals surface area contributed by atoms with Gasteiger partial charge in [-0.1, -0.05) is 18.5 Å². The van der Waals surface area contributed by atoms with Gasteiger partial charge in [-0.15, -0.1) is 11.3 Å². The zero-order valence-electron chi connectivity index (χ0n) is 7.47. The third kappa shape index (κ3) is 1.42. The number of hydrogen-bond acceptors (Lipinski definition) is 3. The van der Waals surface area contributed by atoms with Crippen LogP contribution in [0.1, 0.15) is 18.1 Å². The van der Waals surface area contributed by atoms with Crippen LogP contribution in [0.2, 0.25) is 4.47 Å². The van der Waals surface area contributed by atoms with E-state index in [-0.39, 0.29) is 0 Å². The first-order valence-corrected chi connectivity index (χ1v) is 5.32. The second-order valence-electron chi connectivity index (χ2n) is 2.88. The van der Waals surface area contributed by atoms with Crippen LogP contribution in [-0.4, -0.2) is 9.97 Å². The minimum absolute atomic E-state index is 0.568. The largest absolute Gasteiger partial charge is 0.236 e. The number of thiazole rings is 1. The lowest BCUT2D eigenvalue weighted by atomic mass is 10.1. The van der Waals surface area contributed by atoms with E-state index < -0.39 is 0 Å². The summed E-state index contributed by atoms with van der Waals surface area (Å²) in [5.74, 6) is 0. The van der Waals surface area contributed by atoms with Crippen LogP contribution in [0.4, 0.5) is 0 Å². The molecule has 2 rings (SSSR count). The molecule has 0 aliphatic carbocycles. The topological polar surface area (TPSA) is 25.8 Å². The monoisotopic (exact) mass is 212 g/mol. The Morgan fingerprint density at radius 3 is 3.00 bits per heavy atom. The lowest BCUT2D eigenvalue weighted by Gasteiger charge is -2.00. The number of halogens is 1. The van der Waals surface area contributed by atoms with Gasteiger partial charge in [-0.25, -0.2) is 9.97 Å². The smallest absolute Gasteiger partial charge is 0.186 e. The minimum Gasteiger partial charge on any atom is -0.236 e. The third-order valence-corrected chi connectivity index (χ3v) is 3.40. The summed E-state index contributed by atoms with van der Waals surface area (Å²) >= 11 is 7.32. The fraction of sp³-hybridized carbons (Fsp3) is 0.333. The van der Waals surface area contributed by atoms with Crippen LogP contribution in [0.5, 0.6) is 0 Å². The molecule has 0 aromatic carbocycles. The zero-order chi connectivity index (χ0) is 9.42. The predicted molar refractivity (Wildman–Crippen MR) is 56.5 cm³/mol. The predicted octanol–water partition coefficient (Wildman–Crippen LogP) is 3.22. The van der Waals surface area contributed by atoms with Crippen LogP contribution in [-0.2, 0) is 6.42 Å². The van der Waals surface area contributed by atoms with Crippen molar-refractivity contribution in [2.24, 2.45) is 0 Å². The van der Waals surface area contributed by atoms with Gasteiger partial charge in [-0.2, -0.15) is 0 Å². The van der Waals surface area contributed by atoms with Gasteiger partial charge in [0.15, 0.2) is 10.1 Å². The third-order valence-electron chi connectivity index (χ3n) is 2.13. The molecular weight excluding hydrogens is 204 g/mol. The Labute approximate surface area is 85.6 Å². The number of aromatic nitrogens is 2. The van der Waals surface area contributed by atoms with Crippen LogP contribution < -0.4 is 0 Å². The summed E-state index contributed by atoms with van der Waals surface area (Å²) in [6.45, 7) is 4.22. The Balaban J connectivity index is 2.78. The molecule has 2 aromatic rings. The van der Waals surface area contributed by atoms with Crippen LogP contribution in [0.25, 0.3) is 10.3 Å². The van der Waals surface area contributed by atoms with Crippen molar-refractivity contribution in [3.63, 3.8) is 0 Å². The Morgan fingerprint density at radius 2 is 2.31 bits per heavy atom. The molecule has 0 bridgehead atoms. The number of hydrogen-bond donors (Lipinski definition) is 0. The average molecular weight is 213 g/mol. The fourth-order valence-corrected chi connectivity index (χ4v) is 2.44. The summed E-state index contributed by atoms with van der Waals surface area (Å²) in [5, 5.41) is 0. The maximum atomic E-state index is 5.82. The molecule has 0 spiro atoms. The maximum Gasteiger partial charge on any atom is 0.186 e. The van der Waals surface area contributed by atoms with Gasteiger partial charge in [0, 0.05) is 6.20 Å². The molecule has 0 radical (unpaired) electrons. The van der Waals surface area contributed by atoms with Crippen LogP contribution >= 0.6 is 22.9 Å². The van der Waals surface area contributed by atoms with Crippen LogP contribution in [0, 0.1) is 6.92 Å². The zero-order valence-corrected chi connectivity index (χ0v) is 9.04. The Kier molecular flexibility index (Phi) is 2.22. The van der Waals surface area contributed by atoms with E-state index >= 15 is 0 Å². The lowest BCUT2D eigenvalue weighted by molar-refractivity contribution is 1.09. The fourth-order valence-electron chi connectivity index (χ4n) is 1.36. The number of nitrogens with zero attached hydrogens (tertiary/aromatic N) is 2. The number of aryl methyl sites for hydroxylation is 2. The summed E-state index contributed by atoms with van der Waals surface area (Å²) in [7, 11) is 0. The highest BCUT2D eigenvalue weighted by atomic mass is 35.5. The quantitative estimate of drug-likeness (QED) is 0.726. The van der Waals surface area contributed by atoms with Crippen molar-refractivity contribution in [2.45, 2.75) is 20.3 Å². The minimum atomic E-state index is 0.568. The van der Waals surface area contributed by atoms with E-state index in [0.29, 0.717) is 4.47 Å². The molecule has 0 aliphatic rings. The molecule has 0 saturated carbocycles. The second kappa shape index (κ2) is 3.24. The van der Waals surface area contributed by atoms with Crippen molar-refractivity contribution in [3.8, 4) is 0 Å². The van der Waals surface area contributed by atoms with Gasteiger partial charge in [0.1, 0.15) is 0 Å². The molecule has 0 aliphatic heterocycles. The molecule has 2 aromatic heterocycles. The highest BCUT2D eigenvalue weighted by molar-refractivity contribution is 7.22. The average Bonchev–Trinajstić information content (AvgIpc) is 2.47. The van der Waals surface area contributed by atoms with Gasteiger partial charge in [-0.3, -0.25) is 0 Å². The summed E-state index contributed by atoms with van der Waals surface area (Å²) in [5.41, 5.74) is 3.30. The number of rotatable bonds is 1. The molecule has 2 nitrogen and oxygen atoms in total. The summed E-state index contributed by atoms with van der Waals surface area (Å²) in [4.78, 5) is 8.37. The van der Waals surface area contributed by atoms with Crippen molar-refractivity contribution < 1.29 is 0 Å². The van der Waals surface area contributed by atoms with Crippen molar-refractivity contribution in [3.05, 3.63) is 21.8 Å². The van der Waals surface area contributed by atoms with Crippen LogP contribution in [0.15, 0.2) is 6.20 Å². The molecule has 2 heterocycles. The van der Waals surface area contributed by atoms with E-state index in [2.05, 4.69) is 23.8 Å². The van der Waals surface area contributed by atoms with Crippen molar-refractivity contribution in [2.75, 3.05) is 0 Å². The molecule has 4 heteroatoms. The van der Waals surface area contributed by atoms with Gasteiger partial charge in [0.05, 0.1) is 4.70 Å².